The Hall–Kier alpha value is -3.44. The van der Waals surface area contributed by atoms with Crippen LogP contribution in [0.4, 0.5) is 16.4 Å². The predicted molar refractivity (Wildman–Crippen MR) is 151 cm³/mol. The SMILES string of the molecule is Cc1ccc(NC(=O)OC(C)(C)C)nc1NC(=O)C(C)n1cc(C)c2cc(S(=O)(=O)N3CCCCC3)ccc21. The molecule has 1 aromatic carbocycles. The quantitative estimate of drug-likeness (QED) is 0.421. The standard InChI is InChI=1S/C28H37N5O5S/c1-18-10-13-24(30-27(35)38-28(4,5)6)29-25(18)31-26(34)20(3)33-17-19(2)22-16-21(11-12-23(22)33)39(36,37)32-14-8-7-9-15-32/h10-13,16-17,20H,7-9,14-15H2,1-6H3,(H2,29,30,31,34,35). The summed E-state index contributed by atoms with van der Waals surface area (Å²) in [5.41, 5.74) is 1.71. The van der Waals surface area contributed by atoms with Gasteiger partial charge in [0.1, 0.15) is 23.3 Å². The fourth-order valence-electron chi connectivity index (χ4n) is 4.62. The fraction of sp³-hybridized carbons (Fsp3) is 0.464. The molecule has 1 aliphatic rings. The zero-order valence-corrected chi connectivity index (χ0v) is 24.2. The van der Waals surface area contributed by atoms with Crippen LogP contribution in [0, 0.1) is 13.8 Å². The molecule has 1 atom stereocenters. The largest absolute Gasteiger partial charge is 0.444 e. The van der Waals surface area contributed by atoms with Gasteiger partial charge in [0, 0.05) is 30.2 Å². The minimum Gasteiger partial charge on any atom is -0.444 e. The molecule has 0 aliphatic carbocycles. The Kier molecular flexibility index (Phi) is 8.04. The van der Waals surface area contributed by atoms with E-state index in [0.29, 0.717) is 18.9 Å². The first-order valence-corrected chi connectivity index (χ1v) is 14.6. The van der Waals surface area contributed by atoms with Crippen molar-refractivity contribution in [3.8, 4) is 0 Å². The number of carbonyl (C=O) groups excluding carboxylic acids is 2. The third-order valence-electron chi connectivity index (χ3n) is 6.72. The first kappa shape index (κ1) is 28.6. The number of nitrogens with one attached hydrogen (secondary N) is 2. The van der Waals surface area contributed by atoms with Crippen molar-refractivity contribution in [2.24, 2.45) is 0 Å². The van der Waals surface area contributed by atoms with Gasteiger partial charge in [0.05, 0.1) is 4.90 Å². The number of rotatable bonds is 6. The summed E-state index contributed by atoms with van der Waals surface area (Å²) < 4.78 is 35.1. The van der Waals surface area contributed by atoms with E-state index < -0.39 is 27.8 Å². The Balaban J connectivity index is 1.54. The van der Waals surface area contributed by atoms with Gasteiger partial charge in [0.15, 0.2) is 0 Å². The molecule has 0 radical (unpaired) electrons. The molecule has 2 N–H and O–H groups in total. The average molecular weight is 556 g/mol. The van der Waals surface area contributed by atoms with Crippen LogP contribution in [0.5, 0.6) is 0 Å². The van der Waals surface area contributed by atoms with E-state index in [0.717, 1.165) is 41.3 Å². The molecule has 1 unspecified atom stereocenters. The lowest BCUT2D eigenvalue weighted by Gasteiger charge is -2.26. The number of aryl methyl sites for hydroxylation is 2. The van der Waals surface area contributed by atoms with Crippen LogP contribution in [0.25, 0.3) is 10.9 Å². The van der Waals surface area contributed by atoms with E-state index in [-0.39, 0.29) is 16.6 Å². The molecule has 0 saturated carbocycles. The van der Waals surface area contributed by atoms with Crippen molar-refractivity contribution < 1.29 is 22.7 Å². The molecule has 10 nitrogen and oxygen atoms in total. The molecule has 1 fully saturated rings. The third kappa shape index (κ3) is 6.42. The zero-order chi connectivity index (χ0) is 28.5. The van der Waals surface area contributed by atoms with Crippen molar-refractivity contribution in [1.29, 1.82) is 0 Å². The van der Waals surface area contributed by atoms with Crippen LogP contribution in [0.3, 0.4) is 0 Å². The summed E-state index contributed by atoms with van der Waals surface area (Å²) in [5.74, 6) is 0.271. The maximum atomic E-state index is 13.3. The first-order valence-electron chi connectivity index (χ1n) is 13.2. The summed E-state index contributed by atoms with van der Waals surface area (Å²) in [5, 5.41) is 6.23. The topological polar surface area (TPSA) is 123 Å². The van der Waals surface area contributed by atoms with Gasteiger partial charge in [-0.15, -0.1) is 0 Å². The average Bonchev–Trinajstić information content (AvgIpc) is 3.20. The number of piperidine rings is 1. The van der Waals surface area contributed by atoms with Crippen molar-refractivity contribution in [3.63, 3.8) is 0 Å². The van der Waals surface area contributed by atoms with Gasteiger partial charge in [-0.25, -0.2) is 18.2 Å². The van der Waals surface area contributed by atoms with Crippen molar-refractivity contribution in [2.45, 2.75) is 77.3 Å². The van der Waals surface area contributed by atoms with E-state index in [1.165, 1.54) is 0 Å². The molecule has 0 bridgehead atoms. The van der Waals surface area contributed by atoms with E-state index >= 15 is 0 Å². The number of hydrogen-bond acceptors (Lipinski definition) is 6. The minimum absolute atomic E-state index is 0.252. The number of benzene rings is 1. The van der Waals surface area contributed by atoms with Crippen molar-refractivity contribution in [3.05, 3.63) is 47.7 Å². The second-order valence-electron chi connectivity index (χ2n) is 11.0. The number of carbonyl (C=O) groups is 2. The number of amides is 2. The zero-order valence-electron chi connectivity index (χ0n) is 23.4. The molecule has 2 amide bonds. The lowest BCUT2D eigenvalue weighted by molar-refractivity contribution is -0.118. The van der Waals surface area contributed by atoms with Crippen LogP contribution in [0.15, 0.2) is 41.4 Å². The molecule has 1 aliphatic heterocycles. The minimum atomic E-state index is -3.57. The number of sulfonamides is 1. The van der Waals surface area contributed by atoms with E-state index in [1.807, 2.05) is 24.6 Å². The van der Waals surface area contributed by atoms with Crippen LogP contribution in [0.2, 0.25) is 0 Å². The number of hydrogen-bond donors (Lipinski definition) is 2. The Labute approximate surface area is 229 Å². The third-order valence-corrected chi connectivity index (χ3v) is 8.62. The van der Waals surface area contributed by atoms with E-state index in [9.17, 15) is 18.0 Å². The predicted octanol–water partition coefficient (Wildman–Crippen LogP) is 5.37. The van der Waals surface area contributed by atoms with Gasteiger partial charge in [0.2, 0.25) is 15.9 Å². The second-order valence-corrected chi connectivity index (χ2v) is 13.0. The second kappa shape index (κ2) is 11.0. The summed E-state index contributed by atoms with van der Waals surface area (Å²) in [6.07, 6.45) is 4.01. The number of anilines is 2. The van der Waals surface area contributed by atoms with Gasteiger partial charge in [-0.3, -0.25) is 10.1 Å². The van der Waals surface area contributed by atoms with Gasteiger partial charge in [0.25, 0.3) is 0 Å². The lowest BCUT2D eigenvalue weighted by Crippen LogP contribution is -2.35. The Morgan fingerprint density at radius 1 is 1.00 bits per heavy atom. The monoisotopic (exact) mass is 555 g/mol. The molecule has 39 heavy (non-hydrogen) atoms. The normalized spacial score (nSPS) is 15.6. The highest BCUT2D eigenvalue weighted by Crippen LogP contribution is 2.30. The number of ether oxygens (including phenoxy) is 1. The smallest absolute Gasteiger partial charge is 0.413 e. The van der Waals surface area contributed by atoms with E-state index in [4.69, 9.17) is 4.74 Å². The number of aromatic nitrogens is 2. The van der Waals surface area contributed by atoms with Gasteiger partial charge in [-0.1, -0.05) is 12.5 Å². The van der Waals surface area contributed by atoms with Crippen LogP contribution >= 0.6 is 0 Å². The summed E-state index contributed by atoms with van der Waals surface area (Å²) >= 11 is 0. The molecular weight excluding hydrogens is 518 g/mol. The lowest BCUT2D eigenvalue weighted by atomic mass is 10.2. The Morgan fingerprint density at radius 3 is 2.36 bits per heavy atom. The van der Waals surface area contributed by atoms with E-state index in [2.05, 4.69) is 15.6 Å². The van der Waals surface area contributed by atoms with Crippen LogP contribution in [-0.4, -0.2) is 53.0 Å². The highest BCUT2D eigenvalue weighted by atomic mass is 32.2. The Morgan fingerprint density at radius 2 is 1.69 bits per heavy atom. The van der Waals surface area contributed by atoms with Crippen LogP contribution < -0.4 is 10.6 Å². The fourth-order valence-corrected chi connectivity index (χ4v) is 6.16. The first-order chi connectivity index (χ1) is 18.3. The molecule has 210 valence electrons. The highest BCUT2D eigenvalue weighted by molar-refractivity contribution is 7.89. The molecule has 1 saturated heterocycles. The van der Waals surface area contributed by atoms with Gasteiger partial charge in [-0.2, -0.15) is 4.31 Å². The van der Waals surface area contributed by atoms with Crippen LogP contribution in [-0.2, 0) is 19.6 Å². The summed E-state index contributed by atoms with van der Waals surface area (Å²) in [6.45, 7) is 11.9. The maximum absolute atomic E-state index is 13.3. The molecule has 3 aromatic rings. The Bertz CT molecular complexity index is 1500. The van der Waals surface area contributed by atoms with Gasteiger partial charge < -0.3 is 14.6 Å². The molecule has 3 heterocycles. The van der Waals surface area contributed by atoms with Crippen molar-refractivity contribution in [1.82, 2.24) is 13.9 Å². The molecule has 0 spiro atoms. The number of pyridine rings is 1. The molecule has 2 aromatic heterocycles. The maximum Gasteiger partial charge on any atom is 0.413 e. The van der Waals surface area contributed by atoms with Crippen LogP contribution in [0.1, 0.15) is 64.1 Å². The molecule has 11 heteroatoms. The highest BCUT2D eigenvalue weighted by Gasteiger charge is 2.27. The molecule has 4 rings (SSSR count). The van der Waals surface area contributed by atoms with Gasteiger partial charge in [-0.05, 0) is 89.8 Å². The number of fused-ring (bicyclic) bond motifs is 1. The number of nitrogens with zero attached hydrogens (tertiary/aromatic N) is 3. The summed E-state index contributed by atoms with van der Waals surface area (Å²) in [7, 11) is -3.57. The molecular formula is C28H37N5O5S. The van der Waals surface area contributed by atoms with E-state index in [1.54, 1.807) is 62.3 Å². The summed E-state index contributed by atoms with van der Waals surface area (Å²) in [6, 6.07) is 7.85. The van der Waals surface area contributed by atoms with Gasteiger partial charge >= 0.3 is 6.09 Å². The summed E-state index contributed by atoms with van der Waals surface area (Å²) in [4.78, 5) is 30.1. The van der Waals surface area contributed by atoms with Crippen molar-refractivity contribution in [2.75, 3.05) is 23.7 Å². The van der Waals surface area contributed by atoms with Crippen molar-refractivity contribution >= 4 is 44.6 Å².